The van der Waals surface area contributed by atoms with Crippen LogP contribution in [0.2, 0.25) is 0 Å². The molecule has 1 saturated carbocycles. The summed E-state index contributed by atoms with van der Waals surface area (Å²) in [5.41, 5.74) is -2.05. The molecule has 0 aromatic heterocycles. The van der Waals surface area contributed by atoms with E-state index in [4.69, 9.17) is 5.11 Å². The molecule has 2 unspecified atom stereocenters. The van der Waals surface area contributed by atoms with Crippen molar-refractivity contribution in [2.75, 3.05) is 7.11 Å². The van der Waals surface area contributed by atoms with Gasteiger partial charge in [-0.15, -0.1) is 0 Å². The van der Waals surface area contributed by atoms with Crippen molar-refractivity contribution in [3.63, 3.8) is 0 Å². The lowest BCUT2D eigenvalue weighted by molar-refractivity contribution is -0.201. The number of esters is 1. The molecule has 2 atom stereocenters. The molecule has 0 aromatic carbocycles. The van der Waals surface area contributed by atoms with Gasteiger partial charge in [0.05, 0.1) is 13.0 Å². The number of hydrogen-bond acceptors (Lipinski definition) is 3. The molecule has 0 spiro atoms. The molecule has 0 amide bonds. The Bertz CT molecular complexity index is 326. The molecule has 0 radical (unpaired) electrons. The largest absolute Gasteiger partial charge is 0.480 e. The quantitative estimate of drug-likeness (QED) is 0.604. The van der Waals surface area contributed by atoms with Crippen molar-refractivity contribution >= 4 is 11.9 Å². The van der Waals surface area contributed by atoms with Gasteiger partial charge in [-0.2, -0.15) is 13.2 Å². The number of ether oxygens (including phenoxy) is 1. The highest BCUT2D eigenvalue weighted by Gasteiger charge is 2.55. The Morgan fingerprint density at radius 3 is 2.41 bits per heavy atom. The summed E-state index contributed by atoms with van der Waals surface area (Å²) < 4.78 is 42.0. The highest BCUT2D eigenvalue weighted by atomic mass is 19.4. The number of aliphatic carboxylic acids is 1. The molecule has 17 heavy (non-hydrogen) atoms. The van der Waals surface area contributed by atoms with E-state index < -0.39 is 35.9 Å². The van der Waals surface area contributed by atoms with Gasteiger partial charge in [0.15, 0.2) is 5.41 Å². The summed E-state index contributed by atoms with van der Waals surface area (Å²) in [5, 5.41) is 9.01. The summed E-state index contributed by atoms with van der Waals surface area (Å²) in [6.07, 6.45) is -5.42. The number of carboxylic acid groups (broad SMARTS) is 1. The Morgan fingerprint density at radius 2 is 2.00 bits per heavy atom. The van der Waals surface area contributed by atoms with Crippen molar-refractivity contribution < 1.29 is 32.6 Å². The minimum absolute atomic E-state index is 0.0472. The maximum absolute atomic E-state index is 12.6. The molecule has 1 N–H and O–H groups in total. The molecular formula is C10H13F3O4. The monoisotopic (exact) mass is 254 g/mol. The maximum atomic E-state index is 12.6. The van der Waals surface area contributed by atoms with Crippen LogP contribution < -0.4 is 0 Å². The van der Waals surface area contributed by atoms with Gasteiger partial charge in [0, 0.05) is 0 Å². The summed E-state index contributed by atoms with van der Waals surface area (Å²) in [5.74, 6) is -4.40. The molecule has 0 aliphatic heterocycles. The zero-order valence-electron chi connectivity index (χ0n) is 9.21. The van der Waals surface area contributed by atoms with Crippen LogP contribution in [0.25, 0.3) is 0 Å². The fourth-order valence-corrected chi connectivity index (χ4v) is 2.22. The van der Waals surface area contributed by atoms with Crippen LogP contribution in [0.4, 0.5) is 13.2 Å². The first kappa shape index (κ1) is 13.8. The number of rotatable bonds is 2. The van der Waals surface area contributed by atoms with E-state index in [1.54, 1.807) is 0 Å². The second kappa shape index (κ2) is 4.54. The lowest BCUT2D eigenvalue weighted by Crippen LogP contribution is -2.46. The van der Waals surface area contributed by atoms with Crippen molar-refractivity contribution in [2.24, 2.45) is 11.3 Å². The van der Waals surface area contributed by atoms with E-state index in [0.29, 0.717) is 0 Å². The van der Waals surface area contributed by atoms with Crippen molar-refractivity contribution in [1.82, 2.24) is 0 Å². The van der Waals surface area contributed by atoms with Gasteiger partial charge >= 0.3 is 18.1 Å². The van der Waals surface area contributed by atoms with Gasteiger partial charge in [-0.25, -0.2) is 0 Å². The minimum Gasteiger partial charge on any atom is -0.480 e. The first-order valence-corrected chi connectivity index (χ1v) is 5.12. The molecule has 1 aliphatic rings. The van der Waals surface area contributed by atoms with Gasteiger partial charge in [0.25, 0.3) is 0 Å². The average molecular weight is 254 g/mol. The molecule has 0 heterocycles. The normalized spacial score (nSPS) is 29.8. The van der Waals surface area contributed by atoms with E-state index in [9.17, 15) is 22.8 Å². The highest BCUT2D eigenvalue weighted by Crippen LogP contribution is 2.46. The van der Waals surface area contributed by atoms with Crippen LogP contribution in [0, 0.1) is 11.3 Å². The molecule has 7 heteroatoms. The Hall–Kier alpha value is -1.27. The highest BCUT2D eigenvalue weighted by molar-refractivity contribution is 5.99. The third-order valence-corrected chi connectivity index (χ3v) is 3.20. The predicted molar refractivity (Wildman–Crippen MR) is 50.1 cm³/mol. The minimum atomic E-state index is -4.48. The lowest BCUT2D eigenvalue weighted by atomic mass is 9.69. The fraction of sp³-hybridized carbons (Fsp3) is 0.800. The zero-order chi connectivity index (χ0) is 13.3. The van der Waals surface area contributed by atoms with Crippen LogP contribution in [0.1, 0.15) is 25.7 Å². The number of alkyl halides is 3. The third-order valence-electron chi connectivity index (χ3n) is 3.20. The van der Waals surface area contributed by atoms with Gasteiger partial charge in [-0.05, 0) is 19.3 Å². The van der Waals surface area contributed by atoms with Gasteiger partial charge in [0.1, 0.15) is 0 Å². The number of hydrogen-bond donors (Lipinski definition) is 1. The van der Waals surface area contributed by atoms with E-state index >= 15 is 0 Å². The molecule has 0 saturated heterocycles. The second-order valence-corrected chi connectivity index (χ2v) is 4.21. The maximum Gasteiger partial charge on any atom is 0.391 e. The number of carboxylic acids is 1. The van der Waals surface area contributed by atoms with Crippen molar-refractivity contribution in [3.05, 3.63) is 0 Å². The topological polar surface area (TPSA) is 63.6 Å². The average Bonchev–Trinajstić information content (AvgIpc) is 2.26. The van der Waals surface area contributed by atoms with Crippen LogP contribution in [0.5, 0.6) is 0 Å². The van der Waals surface area contributed by atoms with E-state index in [2.05, 4.69) is 4.74 Å². The van der Waals surface area contributed by atoms with E-state index in [1.165, 1.54) is 0 Å². The summed E-state index contributed by atoms with van der Waals surface area (Å²) in [6.45, 7) is 0. The van der Waals surface area contributed by atoms with Gasteiger partial charge in [0.2, 0.25) is 0 Å². The zero-order valence-corrected chi connectivity index (χ0v) is 9.21. The SMILES string of the molecule is COC(=O)C1(C(=O)O)CCCC(C(F)(F)F)C1. The first-order valence-electron chi connectivity index (χ1n) is 5.12. The predicted octanol–water partition coefficient (Wildman–Crippen LogP) is 1.98. The Morgan fingerprint density at radius 1 is 1.41 bits per heavy atom. The number of halogens is 3. The Balaban J connectivity index is 3.00. The summed E-state index contributed by atoms with van der Waals surface area (Å²) in [4.78, 5) is 22.5. The van der Waals surface area contributed by atoms with Crippen molar-refractivity contribution in [3.8, 4) is 0 Å². The molecule has 4 nitrogen and oxygen atoms in total. The molecule has 98 valence electrons. The fourth-order valence-electron chi connectivity index (χ4n) is 2.22. The van der Waals surface area contributed by atoms with Crippen molar-refractivity contribution in [1.29, 1.82) is 0 Å². The van der Waals surface area contributed by atoms with Gasteiger partial charge < -0.3 is 9.84 Å². The summed E-state index contributed by atoms with van der Waals surface area (Å²) >= 11 is 0. The van der Waals surface area contributed by atoms with Crippen LogP contribution in [0.3, 0.4) is 0 Å². The van der Waals surface area contributed by atoms with Crippen LogP contribution in [-0.4, -0.2) is 30.3 Å². The Kier molecular flexibility index (Phi) is 3.68. The molecular weight excluding hydrogens is 241 g/mol. The smallest absolute Gasteiger partial charge is 0.391 e. The van der Waals surface area contributed by atoms with Crippen molar-refractivity contribution in [2.45, 2.75) is 31.9 Å². The standard InChI is InChI=1S/C10H13F3O4/c1-17-8(16)9(7(14)15)4-2-3-6(5-9)10(11,12)13/h6H,2-5H2,1H3,(H,14,15). The number of methoxy groups -OCH3 is 1. The second-order valence-electron chi connectivity index (χ2n) is 4.21. The van der Waals surface area contributed by atoms with E-state index in [0.717, 1.165) is 7.11 Å². The van der Waals surface area contributed by atoms with E-state index in [1.807, 2.05) is 0 Å². The molecule has 0 aromatic rings. The number of carbonyl (C=O) groups excluding carboxylic acids is 1. The number of carbonyl (C=O) groups is 2. The first-order chi connectivity index (χ1) is 7.74. The van der Waals surface area contributed by atoms with Crippen LogP contribution >= 0.6 is 0 Å². The Labute approximate surface area is 95.7 Å². The molecule has 1 fully saturated rings. The van der Waals surface area contributed by atoms with Crippen LogP contribution in [0.15, 0.2) is 0 Å². The van der Waals surface area contributed by atoms with Gasteiger partial charge in [-0.3, -0.25) is 9.59 Å². The molecule has 0 bridgehead atoms. The van der Waals surface area contributed by atoms with Gasteiger partial charge in [-0.1, -0.05) is 6.42 Å². The lowest BCUT2D eigenvalue weighted by Gasteiger charge is -2.35. The summed E-state index contributed by atoms with van der Waals surface area (Å²) in [6, 6.07) is 0. The third kappa shape index (κ3) is 2.53. The van der Waals surface area contributed by atoms with Crippen LogP contribution in [-0.2, 0) is 14.3 Å². The molecule has 1 rings (SSSR count). The summed E-state index contributed by atoms with van der Waals surface area (Å²) in [7, 11) is 0.976. The van der Waals surface area contributed by atoms with E-state index in [-0.39, 0.29) is 19.3 Å². The molecule has 1 aliphatic carbocycles.